The molecule has 2 fully saturated rings. The van der Waals surface area contributed by atoms with Crippen LogP contribution >= 0.6 is 0 Å². The van der Waals surface area contributed by atoms with Crippen molar-refractivity contribution in [3.8, 4) is 0 Å². The highest BCUT2D eigenvalue weighted by molar-refractivity contribution is 5.36. The van der Waals surface area contributed by atoms with Gasteiger partial charge in [-0.2, -0.15) is 0 Å². The van der Waals surface area contributed by atoms with Gasteiger partial charge in [-0.05, 0) is 23.9 Å². The molecule has 1 saturated heterocycles. The number of nitrogens with zero attached hydrogens (tertiary/aromatic N) is 1. The maximum atomic E-state index is 10.4. The lowest BCUT2D eigenvalue weighted by Crippen LogP contribution is -2.23. The van der Waals surface area contributed by atoms with E-state index in [1.807, 2.05) is 18.2 Å². The Bertz CT molecular complexity index is 422. The molecule has 0 aromatic heterocycles. The molecule has 1 saturated carbocycles. The van der Waals surface area contributed by atoms with Gasteiger partial charge in [-0.15, -0.1) is 0 Å². The molecule has 0 radical (unpaired) electrons. The van der Waals surface area contributed by atoms with Gasteiger partial charge in [-0.1, -0.05) is 37.3 Å². The van der Waals surface area contributed by atoms with Gasteiger partial charge in [-0.3, -0.25) is 0 Å². The molecular formula is C15H21NO2. The van der Waals surface area contributed by atoms with Crippen molar-refractivity contribution >= 4 is 0 Å². The zero-order valence-corrected chi connectivity index (χ0v) is 10.8. The number of benzene rings is 1. The van der Waals surface area contributed by atoms with Crippen molar-refractivity contribution in [1.82, 2.24) is 4.90 Å². The van der Waals surface area contributed by atoms with E-state index in [0.717, 1.165) is 19.6 Å². The molecule has 18 heavy (non-hydrogen) atoms. The Morgan fingerprint density at radius 2 is 2.06 bits per heavy atom. The second-order valence-electron chi connectivity index (χ2n) is 5.63. The van der Waals surface area contributed by atoms with Crippen molar-refractivity contribution in [2.45, 2.75) is 18.9 Å². The Morgan fingerprint density at radius 3 is 2.61 bits per heavy atom. The van der Waals surface area contributed by atoms with Crippen LogP contribution in [0.5, 0.6) is 0 Å². The molecule has 1 aliphatic carbocycles. The van der Waals surface area contributed by atoms with Gasteiger partial charge in [0.05, 0.1) is 6.10 Å². The molecule has 4 atom stereocenters. The number of β-amino-alcohol motifs (C(OH)–C–C–N with tert-alkyl or cyclic N) is 1. The molecule has 1 aliphatic heterocycles. The average molecular weight is 247 g/mol. The van der Waals surface area contributed by atoms with E-state index >= 15 is 0 Å². The quantitative estimate of drug-likeness (QED) is 0.840. The number of likely N-dealkylation sites (N-methyl/N-ethyl adjacent to an activating group) is 1. The first-order valence-electron chi connectivity index (χ1n) is 6.80. The summed E-state index contributed by atoms with van der Waals surface area (Å²) in [5, 5.41) is 20.0. The van der Waals surface area contributed by atoms with E-state index in [4.69, 9.17) is 0 Å². The van der Waals surface area contributed by atoms with Crippen LogP contribution in [0.1, 0.15) is 18.4 Å². The summed E-state index contributed by atoms with van der Waals surface area (Å²) in [7, 11) is 0. The van der Waals surface area contributed by atoms with Crippen LogP contribution < -0.4 is 0 Å². The molecule has 1 spiro atoms. The first-order chi connectivity index (χ1) is 8.74. The Balaban J connectivity index is 1.89. The van der Waals surface area contributed by atoms with Crippen LogP contribution in [0.2, 0.25) is 0 Å². The van der Waals surface area contributed by atoms with Gasteiger partial charge in [0, 0.05) is 25.1 Å². The predicted octanol–water partition coefficient (Wildman–Crippen LogP) is 1.08. The Hall–Kier alpha value is -0.900. The minimum Gasteiger partial charge on any atom is -0.396 e. The van der Waals surface area contributed by atoms with Gasteiger partial charge in [0.2, 0.25) is 0 Å². The fraction of sp³-hybridized carbons (Fsp3) is 0.600. The molecule has 0 amide bonds. The SMILES string of the molecule is CCN1C[C@H](O)[C@@]2(C1)[C@H](CO)[C@H]2c1ccccc1. The van der Waals surface area contributed by atoms with Crippen molar-refractivity contribution in [3.63, 3.8) is 0 Å². The largest absolute Gasteiger partial charge is 0.396 e. The molecule has 3 heteroatoms. The average Bonchev–Trinajstić information content (AvgIpc) is 2.95. The summed E-state index contributed by atoms with van der Waals surface area (Å²) in [6, 6.07) is 10.3. The van der Waals surface area contributed by atoms with Crippen LogP contribution in [0, 0.1) is 11.3 Å². The summed E-state index contributed by atoms with van der Waals surface area (Å²) in [5.41, 5.74) is 1.15. The highest BCUT2D eigenvalue weighted by atomic mass is 16.3. The highest BCUT2D eigenvalue weighted by Gasteiger charge is 2.70. The normalized spacial score (nSPS) is 39.4. The number of aliphatic hydroxyl groups is 2. The first-order valence-corrected chi connectivity index (χ1v) is 6.80. The summed E-state index contributed by atoms with van der Waals surface area (Å²) < 4.78 is 0. The number of hydrogen-bond donors (Lipinski definition) is 2. The number of rotatable bonds is 3. The van der Waals surface area contributed by atoms with Gasteiger partial charge in [0.25, 0.3) is 0 Å². The smallest absolute Gasteiger partial charge is 0.0745 e. The van der Waals surface area contributed by atoms with Gasteiger partial charge in [-0.25, -0.2) is 0 Å². The van der Waals surface area contributed by atoms with E-state index in [9.17, 15) is 10.2 Å². The summed E-state index contributed by atoms with van der Waals surface area (Å²) in [4.78, 5) is 2.29. The lowest BCUT2D eigenvalue weighted by Gasteiger charge is -2.14. The van der Waals surface area contributed by atoms with Crippen LogP contribution in [-0.4, -0.2) is 47.5 Å². The lowest BCUT2D eigenvalue weighted by atomic mass is 9.95. The monoisotopic (exact) mass is 247 g/mol. The number of likely N-dealkylation sites (tertiary alicyclic amines) is 1. The van der Waals surface area contributed by atoms with E-state index in [2.05, 4.69) is 24.0 Å². The number of hydrogen-bond acceptors (Lipinski definition) is 3. The molecule has 2 aliphatic rings. The third-order valence-corrected chi connectivity index (χ3v) is 4.91. The second kappa shape index (κ2) is 4.34. The Labute approximate surface area is 108 Å². The van der Waals surface area contributed by atoms with Gasteiger partial charge >= 0.3 is 0 Å². The predicted molar refractivity (Wildman–Crippen MR) is 70.3 cm³/mol. The molecule has 1 aromatic rings. The molecule has 98 valence electrons. The maximum Gasteiger partial charge on any atom is 0.0745 e. The van der Waals surface area contributed by atoms with E-state index < -0.39 is 0 Å². The lowest BCUT2D eigenvalue weighted by molar-refractivity contribution is 0.111. The Kier molecular flexibility index (Phi) is 2.93. The topological polar surface area (TPSA) is 43.7 Å². The van der Waals surface area contributed by atoms with Crippen LogP contribution in [0.3, 0.4) is 0 Å². The molecule has 1 heterocycles. The van der Waals surface area contributed by atoms with Gasteiger partial charge in [0.15, 0.2) is 0 Å². The Morgan fingerprint density at radius 1 is 1.33 bits per heavy atom. The number of aliphatic hydroxyl groups excluding tert-OH is 2. The zero-order valence-electron chi connectivity index (χ0n) is 10.8. The summed E-state index contributed by atoms with van der Waals surface area (Å²) in [5.74, 6) is 0.529. The van der Waals surface area contributed by atoms with E-state index in [0.29, 0.717) is 5.92 Å². The molecule has 0 bridgehead atoms. The molecule has 3 rings (SSSR count). The fourth-order valence-corrected chi connectivity index (χ4v) is 3.90. The summed E-state index contributed by atoms with van der Waals surface area (Å²) in [6.45, 7) is 4.93. The van der Waals surface area contributed by atoms with Crippen LogP contribution in [-0.2, 0) is 0 Å². The van der Waals surface area contributed by atoms with Crippen LogP contribution in [0.15, 0.2) is 30.3 Å². The van der Waals surface area contributed by atoms with E-state index in [1.165, 1.54) is 5.56 Å². The van der Waals surface area contributed by atoms with E-state index in [-0.39, 0.29) is 24.0 Å². The standard InChI is InChI=1S/C15H21NO2/c1-2-16-8-13(18)15(10-16)12(9-17)14(15)11-6-4-3-5-7-11/h3-7,12-14,17-18H,2,8-10H2,1H3/t12-,13+,14-,15-/m1/s1. The summed E-state index contributed by atoms with van der Waals surface area (Å²) in [6.07, 6.45) is -0.306. The minimum atomic E-state index is -0.306. The third-order valence-electron chi connectivity index (χ3n) is 4.91. The van der Waals surface area contributed by atoms with Crippen LogP contribution in [0.4, 0.5) is 0 Å². The fourth-order valence-electron chi connectivity index (χ4n) is 3.90. The molecular weight excluding hydrogens is 226 g/mol. The zero-order chi connectivity index (χ0) is 12.8. The van der Waals surface area contributed by atoms with Crippen molar-refractivity contribution in [2.24, 2.45) is 11.3 Å². The van der Waals surface area contributed by atoms with Crippen molar-refractivity contribution in [2.75, 3.05) is 26.2 Å². The summed E-state index contributed by atoms with van der Waals surface area (Å²) >= 11 is 0. The third kappa shape index (κ3) is 1.54. The van der Waals surface area contributed by atoms with Gasteiger partial charge < -0.3 is 15.1 Å². The molecule has 2 N–H and O–H groups in total. The second-order valence-corrected chi connectivity index (χ2v) is 5.63. The molecule has 0 unspecified atom stereocenters. The van der Waals surface area contributed by atoms with Crippen molar-refractivity contribution < 1.29 is 10.2 Å². The van der Waals surface area contributed by atoms with E-state index in [1.54, 1.807) is 0 Å². The molecule has 1 aromatic carbocycles. The van der Waals surface area contributed by atoms with Gasteiger partial charge in [0.1, 0.15) is 0 Å². The maximum absolute atomic E-state index is 10.4. The van der Waals surface area contributed by atoms with Crippen molar-refractivity contribution in [3.05, 3.63) is 35.9 Å². The minimum absolute atomic E-state index is 0.105. The highest BCUT2D eigenvalue weighted by Crippen LogP contribution is 2.68. The van der Waals surface area contributed by atoms with Crippen LogP contribution in [0.25, 0.3) is 0 Å². The molecule has 3 nitrogen and oxygen atoms in total. The van der Waals surface area contributed by atoms with Crippen molar-refractivity contribution in [1.29, 1.82) is 0 Å². The first kappa shape index (κ1) is 12.2.